The van der Waals surface area contributed by atoms with E-state index in [4.69, 9.17) is 21.1 Å². The summed E-state index contributed by atoms with van der Waals surface area (Å²) in [5.74, 6) is 1.21. The third-order valence-electron chi connectivity index (χ3n) is 3.42. The first-order valence-corrected chi connectivity index (χ1v) is 7.28. The van der Waals surface area contributed by atoms with Crippen LogP contribution in [-0.2, 0) is 6.42 Å². The Morgan fingerprint density at radius 3 is 2.43 bits per heavy atom. The highest BCUT2D eigenvalue weighted by Gasteiger charge is 2.18. The zero-order valence-electron chi connectivity index (χ0n) is 11.5. The summed E-state index contributed by atoms with van der Waals surface area (Å²) < 4.78 is 10.9. The molecule has 3 nitrogen and oxygen atoms in total. The number of carbonyl (C=O) groups excluding carboxylic acids is 1. The highest BCUT2D eigenvalue weighted by Crippen LogP contribution is 2.35. The maximum absolute atomic E-state index is 12.3. The standard InChI is InChI=1S/C17H15ClO3/c18-14-11-17-16(20-8-9-21-17)10-13(14)15(19)7-6-12-4-2-1-3-5-12/h1-5,10-11H,6-9H2. The zero-order chi connectivity index (χ0) is 14.7. The number of rotatable bonds is 4. The topological polar surface area (TPSA) is 35.5 Å². The molecule has 0 bridgehead atoms. The van der Waals surface area contributed by atoms with Gasteiger partial charge in [0.1, 0.15) is 13.2 Å². The number of benzene rings is 2. The van der Waals surface area contributed by atoms with Gasteiger partial charge in [0, 0.05) is 18.1 Å². The Labute approximate surface area is 128 Å². The van der Waals surface area contributed by atoms with Crippen molar-refractivity contribution in [1.82, 2.24) is 0 Å². The van der Waals surface area contributed by atoms with Gasteiger partial charge in [0.05, 0.1) is 5.02 Å². The van der Waals surface area contributed by atoms with Crippen LogP contribution in [0, 0.1) is 0 Å². The Balaban J connectivity index is 1.75. The zero-order valence-corrected chi connectivity index (χ0v) is 12.2. The van der Waals surface area contributed by atoms with Crippen molar-refractivity contribution >= 4 is 17.4 Å². The van der Waals surface area contributed by atoms with Crippen LogP contribution in [0.2, 0.25) is 5.02 Å². The van der Waals surface area contributed by atoms with Gasteiger partial charge in [-0.1, -0.05) is 41.9 Å². The summed E-state index contributed by atoms with van der Waals surface area (Å²) in [6, 6.07) is 13.3. The first kappa shape index (κ1) is 14.0. The van der Waals surface area contributed by atoms with E-state index < -0.39 is 0 Å². The lowest BCUT2D eigenvalue weighted by Crippen LogP contribution is -2.16. The van der Waals surface area contributed by atoms with E-state index in [1.165, 1.54) is 0 Å². The van der Waals surface area contributed by atoms with Crippen LogP contribution in [0.3, 0.4) is 0 Å². The van der Waals surface area contributed by atoms with Gasteiger partial charge in [-0.15, -0.1) is 0 Å². The van der Waals surface area contributed by atoms with Gasteiger partial charge < -0.3 is 9.47 Å². The molecule has 1 heterocycles. The molecule has 0 spiro atoms. The summed E-state index contributed by atoms with van der Waals surface area (Å²) in [6.45, 7) is 0.997. The highest BCUT2D eigenvalue weighted by atomic mass is 35.5. The van der Waals surface area contributed by atoms with E-state index in [2.05, 4.69) is 0 Å². The number of hydrogen-bond acceptors (Lipinski definition) is 3. The lowest BCUT2D eigenvalue weighted by molar-refractivity contribution is 0.0981. The molecule has 1 aliphatic heterocycles. The average Bonchev–Trinajstić information content (AvgIpc) is 2.53. The number of carbonyl (C=O) groups is 1. The summed E-state index contributed by atoms with van der Waals surface area (Å²) in [4.78, 5) is 12.3. The van der Waals surface area contributed by atoms with Gasteiger partial charge >= 0.3 is 0 Å². The van der Waals surface area contributed by atoms with Gasteiger partial charge in [0.25, 0.3) is 0 Å². The molecule has 0 saturated carbocycles. The quantitative estimate of drug-likeness (QED) is 0.803. The lowest BCUT2D eigenvalue weighted by atomic mass is 10.0. The highest BCUT2D eigenvalue weighted by molar-refractivity contribution is 6.34. The molecule has 0 fully saturated rings. The average molecular weight is 303 g/mol. The second kappa shape index (κ2) is 6.19. The molecule has 0 aromatic heterocycles. The fraction of sp³-hybridized carbons (Fsp3) is 0.235. The van der Waals surface area contributed by atoms with Crippen molar-refractivity contribution in [1.29, 1.82) is 0 Å². The minimum atomic E-state index is 0.0147. The monoisotopic (exact) mass is 302 g/mol. The summed E-state index contributed by atoms with van der Waals surface area (Å²) in [6.07, 6.45) is 1.12. The number of halogens is 1. The largest absolute Gasteiger partial charge is 0.486 e. The molecule has 0 amide bonds. The number of Topliss-reactive ketones (excluding diaryl/α,β-unsaturated/α-hetero) is 1. The van der Waals surface area contributed by atoms with Crippen molar-refractivity contribution in [3.63, 3.8) is 0 Å². The molecule has 0 unspecified atom stereocenters. The third-order valence-corrected chi connectivity index (χ3v) is 3.73. The molecule has 21 heavy (non-hydrogen) atoms. The molecule has 0 atom stereocenters. The van der Waals surface area contributed by atoms with Crippen molar-refractivity contribution in [3.05, 3.63) is 58.6 Å². The van der Waals surface area contributed by atoms with Crippen LogP contribution in [0.1, 0.15) is 22.3 Å². The maximum Gasteiger partial charge on any atom is 0.164 e. The number of hydrogen-bond donors (Lipinski definition) is 0. The number of ether oxygens (including phenoxy) is 2. The van der Waals surface area contributed by atoms with Crippen molar-refractivity contribution in [3.8, 4) is 11.5 Å². The lowest BCUT2D eigenvalue weighted by Gasteiger charge is -2.19. The predicted molar refractivity (Wildman–Crippen MR) is 81.5 cm³/mol. The molecule has 0 saturated heterocycles. The molecule has 4 heteroatoms. The molecule has 2 aromatic carbocycles. The van der Waals surface area contributed by atoms with Crippen LogP contribution in [-0.4, -0.2) is 19.0 Å². The van der Waals surface area contributed by atoms with E-state index in [0.29, 0.717) is 48.1 Å². The Morgan fingerprint density at radius 2 is 1.71 bits per heavy atom. The van der Waals surface area contributed by atoms with Gasteiger partial charge in [-0.3, -0.25) is 4.79 Å². The van der Waals surface area contributed by atoms with Crippen LogP contribution < -0.4 is 9.47 Å². The number of ketones is 1. The fourth-order valence-electron chi connectivity index (χ4n) is 2.31. The van der Waals surface area contributed by atoms with Crippen molar-refractivity contribution < 1.29 is 14.3 Å². The van der Waals surface area contributed by atoms with Crippen molar-refractivity contribution in [2.45, 2.75) is 12.8 Å². The third kappa shape index (κ3) is 3.19. The van der Waals surface area contributed by atoms with Gasteiger partial charge in [-0.2, -0.15) is 0 Å². The van der Waals surface area contributed by atoms with Crippen molar-refractivity contribution in [2.75, 3.05) is 13.2 Å². The molecular formula is C17H15ClO3. The molecule has 108 valence electrons. The van der Waals surface area contributed by atoms with Crippen LogP contribution in [0.4, 0.5) is 0 Å². The Bertz CT molecular complexity index is 653. The normalized spacial score (nSPS) is 13.0. The number of aryl methyl sites for hydroxylation is 1. The summed E-state index contributed by atoms with van der Waals surface area (Å²) in [5.41, 5.74) is 1.64. The molecule has 0 radical (unpaired) electrons. The second-order valence-corrected chi connectivity index (χ2v) is 5.29. The van der Waals surface area contributed by atoms with Crippen molar-refractivity contribution in [2.24, 2.45) is 0 Å². The van der Waals surface area contributed by atoms with Gasteiger partial charge in [0.15, 0.2) is 17.3 Å². The molecule has 0 aliphatic carbocycles. The number of fused-ring (bicyclic) bond motifs is 1. The molecule has 1 aliphatic rings. The molecular weight excluding hydrogens is 288 g/mol. The van der Waals surface area contributed by atoms with E-state index in [1.807, 2.05) is 30.3 Å². The van der Waals surface area contributed by atoms with Gasteiger partial charge in [-0.25, -0.2) is 0 Å². The Morgan fingerprint density at radius 1 is 1.05 bits per heavy atom. The van der Waals surface area contributed by atoms with Crippen LogP contribution in [0.25, 0.3) is 0 Å². The second-order valence-electron chi connectivity index (χ2n) is 4.88. The van der Waals surface area contributed by atoms with Gasteiger partial charge in [0.2, 0.25) is 0 Å². The van der Waals surface area contributed by atoms with Crippen LogP contribution in [0.5, 0.6) is 11.5 Å². The minimum absolute atomic E-state index is 0.0147. The van der Waals surface area contributed by atoms with E-state index in [0.717, 1.165) is 5.56 Å². The summed E-state index contributed by atoms with van der Waals surface area (Å²) in [7, 11) is 0. The first-order valence-electron chi connectivity index (χ1n) is 6.90. The summed E-state index contributed by atoms with van der Waals surface area (Å²) in [5, 5.41) is 0.414. The SMILES string of the molecule is O=C(CCc1ccccc1)c1cc2c(cc1Cl)OCCO2. The van der Waals surface area contributed by atoms with E-state index in [9.17, 15) is 4.79 Å². The molecule has 2 aromatic rings. The van der Waals surface area contributed by atoms with E-state index in [1.54, 1.807) is 12.1 Å². The Hall–Kier alpha value is -2.00. The molecule has 0 N–H and O–H groups in total. The fourth-order valence-corrected chi connectivity index (χ4v) is 2.57. The smallest absolute Gasteiger partial charge is 0.164 e. The minimum Gasteiger partial charge on any atom is -0.486 e. The van der Waals surface area contributed by atoms with E-state index in [-0.39, 0.29) is 5.78 Å². The Kier molecular flexibility index (Phi) is 4.11. The maximum atomic E-state index is 12.3. The first-order chi connectivity index (χ1) is 10.2. The van der Waals surface area contributed by atoms with E-state index >= 15 is 0 Å². The predicted octanol–water partition coefficient (Wildman–Crippen LogP) is 3.93. The van der Waals surface area contributed by atoms with Gasteiger partial charge in [-0.05, 0) is 18.1 Å². The summed E-state index contributed by atoms with van der Waals surface area (Å²) >= 11 is 6.18. The molecule has 3 rings (SSSR count). The van der Waals surface area contributed by atoms with Crippen LogP contribution in [0.15, 0.2) is 42.5 Å². The van der Waals surface area contributed by atoms with Crippen LogP contribution >= 0.6 is 11.6 Å².